The molecule has 0 saturated carbocycles. The Balaban J connectivity index is 0.000000861. The second-order valence-corrected chi connectivity index (χ2v) is 4.40. The highest BCUT2D eigenvalue weighted by Crippen LogP contribution is 2.28. The highest BCUT2D eigenvalue weighted by atomic mass is 35.5. The third-order valence-electron chi connectivity index (χ3n) is 2.74. The number of rotatable bonds is 2. The van der Waals surface area contributed by atoms with Gasteiger partial charge >= 0.3 is 5.97 Å². The molecule has 2 aromatic rings. The summed E-state index contributed by atoms with van der Waals surface area (Å²) in [7, 11) is 1.84. The van der Waals surface area contributed by atoms with E-state index in [1.54, 1.807) is 13.0 Å². The molecule has 1 heterocycles. The van der Waals surface area contributed by atoms with Crippen molar-refractivity contribution < 1.29 is 9.53 Å². The molecule has 0 amide bonds. The average Bonchev–Trinajstić information content (AvgIpc) is 2.70. The molecule has 1 aromatic carbocycles. The highest BCUT2D eigenvalue weighted by Gasteiger charge is 2.15. The predicted octanol–water partition coefficient (Wildman–Crippen LogP) is 4.34. The molecule has 0 radical (unpaired) electrons. The highest BCUT2D eigenvalue weighted by molar-refractivity contribution is 6.35. The zero-order chi connectivity index (χ0) is 14.6. The zero-order valence-corrected chi connectivity index (χ0v) is 12.8. The molecule has 19 heavy (non-hydrogen) atoms. The molecule has 0 fully saturated rings. The Morgan fingerprint density at radius 1 is 1.32 bits per heavy atom. The summed E-state index contributed by atoms with van der Waals surface area (Å²) in [6.07, 6.45) is 0. The van der Waals surface area contributed by atoms with Crippen molar-refractivity contribution in [3.05, 3.63) is 34.5 Å². The number of hydrogen-bond donors (Lipinski definition) is 0. The topological polar surface area (TPSA) is 31.2 Å². The van der Waals surface area contributed by atoms with Crippen LogP contribution in [0.5, 0.6) is 0 Å². The molecule has 0 unspecified atom stereocenters. The van der Waals surface area contributed by atoms with Crippen molar-refractivity contribution in [1.82, 2.24) is 4.57 Å². The Kier molecular flexibility index (Phi) is 5.43. The van der Waals surface area contributed by atoms with Crippen molar-refractivity contribution in [1.29, 1.82) is 0 Å². The van der Waals surface area contributed by atoms with Crippen LogP contribution in [-0.4, -0.2) is 17.1 Å². The molecule has 4 heteroatoms. The number of carbonyl (C=O) groups is 1. The summed E-state index contributed by atoms with van der Waals surface area (Å²) in [5.74, 6) is -0.320. The van der Waals surface area contributed by atoms with Crippen LogP contribution in [0.4, 0.5) is 0 Å². The van der Waals surface area contributed by atoms with Gasteiger partial charge in [0.25, 0.3) is 0 Å². The Morgan fingerprint density at radius 3 is 2.53 bits per heavy atom. The standard InChI is InChI=1S/C13H14ClNO2.C2H6/c1-4-17-13(16)12-7-9-10(14)5-8(2)6-11(9)15(12)3;1-2/h5-7H,4H2,1-3H3;1-2H3. The SMILES string of the molecule is CC.CCOC(=O)c1cc2c(Cl)cc(C)cc2n1C. The van der Waals surface area contributed by atoms with E-state index in [1.807, 2.05) is 44.5 Å². The number of carbonyl (C=O) groups excluding carboxylic acids is 1. The minimum atomic E-state index is -0.320. The molecule has 2 rings (SSSR count). The van der Waals surface area contributed by atoms with E-state index in [4.69, 9.17) is 16.3 Å². The third-order valence-corrected chi connectivity index (χ3v) is 3.05. The van der Waals surface area contributed by atoms with Gasteiger partial charge in [0, 0.05) is 12.4 Å². The Labute approximate surface area is 119 Å². The second-order valence-electron chi connectivity index (χ2n) is 3.99. The Hall–Kier alpha value is -1.48. The maximum absolute atomic E-state index is 11.7. The van der Waals surface area contributed by atoms with Gasteiger partial charge in [-0.3, -0.25) is 0 Å². The third kappa shape index (κ3) is 3.10. The van der Waals surface area contributed by atoms with Crippen LogP contribution in [0, 0.1) is 6.92 Å². The maximum Gasteiger partial charge on any atom is 0.354 e. The van der Waals surface area contributed by atoms with E-state index in [0.29, 0.717) is 17.3 Å². The molecule has 3 nitrogen and oxygen atoms in total. The number of aryl methyl sites for hydroxylation is 2. The lowest BCUT2D eigenvalue weighted by Gasteiger charge is -2.04. The van der Waals surface area contributed by atoms with Crippen LogP contribution < -0.4 is 0 Å². The minimum absolute atomic E-state index is 0.320. The number of fused-ring (bicyclic) bond motifs is 1. The summed E-state index contributed by atoms with van der Waals surface area (Å²) in [6, 6.07) is 5.66. The number of nitrogens with zero attached hydrogens (tertiary/aromatic N) is 1. The molecule has 104 valence electrons. The Bertz CT molecular complexity index is 587. The van der Waals surface area contributed by atoms with Gasteiger partial charge in [0.05, 0.1) is 17.1 Å². The van der Waals surface area contributed by atoms with Gasteiger partial charge in [-0.2, -0.15) is 0 Å². The molecule has 0 spiro atoms. The molecule has 0 aliphatic heterocycles. The van der Waals surface area contributed by atoms with Crippen LogP contribution >= 0.6 is 11.6 Å². The van der Waals surface area contributed by atoms with Crippen LogP contribution in [0.3, 0.4) is 0 Å². The molecule has 0 saturated heterocycles. The average molecular weight is 282 g/mol. The number of hydrogen-bond acceptors (Lipinski definition) is 2. The summed E-state index contributed by atoms with van der Waals surface area (Å²) >= 11 is 6.16. The van der Waals surface area contributed by atoms with Gasteiger partial charge in [0.2, 0.25) is 0 Å². The zero-order valence-electron chi connectivity index (χ0n) is 12.1. The lowest BCUT2D eigenvalue weighted by molar-refractivity contribution is 0.0516. The quantitative estimate of drug-likeness (QED) is 0.767. The number of benzene rings is 1. The first-order valence-corrected chi connectivity index (χ1v) is 6.85. The molecule has 1 aromatic heterocycles. The second kappa shape index (κ2) is 6.62. The van der Waals surface area contributed by atoms with Crippen LogP contribution in [-0.2, 0) is 11.8 Å². The minimum Gasteiger partial charge on any atom is -0.461 e. The summed E-state index contributed by atoms with van der Waals surface area (Å²) in [5.41, 5.74) is 2.53. The van der Waals surface area contributed by atoms with Crippen LogP contribution in [0.25, 0.3) is 10.9 Å². The summed E-state index contributed by atoms with van der Waals surface area (Å²) < 4.78 is 6.82. The van der Waals surface area contributed by atoms with Gasteiger partial charge in [-0.1, -0.05) is 25.4 Å². The monoisotopic (exact) mass is 281 g/mol. The van der Waals surface area contributed by atoms with E-state index in [9.17, 15) is 4.79 Å². The number of ether oxygens (including phenoxy) is 1. The summed E-state index contributed by atoms with van der Waals surface area (Å²) in [4.78, 5) is 11.7. The Morgan fingerprint density at radius 2 is 1.95 bits per heavy atom. The smallest absolute Gasteiger partial charge is 0.354 e. The largest absolute Gasteiger partial charge is 0.461 e. The van der Waals surface area contributed by atoms with Crippen molar-refractivity contribution in [2.75, 3.05) is 6.61 Å². The van der Waals surface area contributed by atoms with Gasteiger partial charge in [0.1, 0.15) is 5.69 Å². The van der Waals surface area contributed by atoms with Crippen molar-refractivity contribution in [3.8, 4) is 0 Å². The lowest BCUT2D eigenvalue weighted by atomic mass is 10.2. The van der Waals surface area contributed by atoms with E-state index in [-0.39, 0.29) is 5.97 Å². The van der Waals surface area contributed by atoms with Crippen molar-refractivity contribution in [2.45, 2.75) is 27.7 Å². The van der Waals surface area contributed by atoms with E-state index >= 15 is 0 Å². The van der Waals surface area contributed by atoms with E-state index in [0.717, 1.165) is 16.5 Å². The fraction of sp³-hybridized carbons (Fsp3) is 0.400. The molecule has 0 aliphatic rings. The normalized spacial score (nSPS) is 10.0. The van der Waals surface area contributed by atoms with Crippen LogP contribution in [0.1, 0.15) is 36.8 Å². The van der Waals surface area contributed by atoms with E-state index in [1.165, 1.54) is 0 Å². The van der Waals surface area contributed by atoms with Crippen LogP contribution in [0.15, 0.2) is 18.2 Å². The number of halogens is 1. The van der Waals surface area contributed by atoms with Gasteiger partial charge in [-0.15, -0.1) is 0 Å². The van der Waals surface area contributed by atoms with Crippen LogP contribution in [0.2, 0.25) is 5.02 Å². The first kappa shape index (κ1) is 15.6. The van der Waals surface area contributed by atoms with E-state index < -0.39 is 0 Å². The van der Waals surface area contributed by atoms with Crippen molar-refractivity contribution in [2.24, 2.45) is 7.05 Å². The molecular weight excluding hydrogens is 262 g/mol. The van der Waals surface area contributed by atoms with Crippen molar-refractivity contribution >= 4 is 28.5 Å². The molecule has 0 N–H and O–H groups in total. The molecule has 0 aliphatic carbocycles. The van der Waals surface area contributed by atoms with Gasteiger partial charge in [-0.25, -0.2) is 4.79 Å². The number of esters is 1. The first-order valence-electron chi connectivity index (χ1n) is 6.47. The summed E-state index contributed by atoms with van der Waals surface area (Å²) in [5, 5.41) is 1.54. The maximum atomic E-state index is 11.7. The number of aromatic nitrogens is 1. The fourth-order valence-electron chi connectivity index (χ4n) is 1.92. The fourth-order valence-corrected chi connectivity index (χ4v) is 2.24. The van der Waals surface area contributed by atoms with Gasteiger partial charge < -0.3 is 9.30 Å². The molecule has 0 atom stereocenters. The van der Waals surface area contributed by atoms with Gasteiger partial charge in [-0.05, 0) is 37.6 Å². The molecular formula is C15H20ClNO2. The van der Waals surface area contributed by atoms with Crippen molar-refractivity contribution in [3.63, 3.8) is 0 Å². The summed E-state index contributed by atoms with van der Waals surface area (Å²) in [6.45, 7) is 8.13. The lowest BCUT2D eigenvalue weighted by Crippen LogP contribution is -2.09. The van der Waals surface area contributed by atoms with Gasteiger partial charge in [0.15, 0.2) is 0 Å². The van der Waals surface area contributed by atoms with E-state index in [2.05, 4.69) is 0 Å². The predicted molar refractivity (Wildman–Crippen MR) is 80.0 cm³/mol. The molecule has 0 bridgehead atoms. The first-order chi connectivity index (χ1) is 9.04.